The Morgan fingerprint density at radius 1 is 1.42 bits per heavy atom. The van der Waals surface area contributed by atoms with E-state index in [0.29, 0.717) is 6.04 Å². The molecule has 0 saturated heterocycles. The van der Waals surface area contributed by atoms with Gasteiger partial charge >= 0.3 is 0 Å². The van der Waals surface area contributed by atoms with E-state index in [1.54, 1.807) is 7.11 Å². The summed E-state index contributed by atoms with van der Waals surface area (Å²) in [4.78, 5) is 11.3. The molecule has 1 rings (SSSR count). The van der Waals surface area contributed by atoms with E-state index in [0.717, 1.165) is 25.7 Å². The summed E-state index contributed by atoms with van der Waals surface area (Å²) in [6.45, 7) is 0.264. The zero-order chi connectivity index (χ0) is 8.97. The summed E-state index contributed by atoms with van der Waals surface area (Å²) in [6.07, 6.45) is 3.87. The van der Waals surface area contributed by atoms with Crippen LogP contribution in [0.25, 0.3) is 0 Å². The van der Waals surface area contributed by atoms with E-state index < -0.39 is 0 Å². The standard InChI is InChI=1S/C9H17NO2/c1-12-6-9(11)7-2-4-8(10)5-3-7/h7-8H,2-6,10H2,1H3. The molecule has 1 aliphatic carbocycles. The SMILES string of the molecule is COCC(=O)C1CCC(N)CC1. The molecule has 0 bridgehead atoms. The molecule has 0 aliphatic heterocycles. The zero-order valence-electron chi connectivity index (χ0n) is 7.58. The van der Waals surface area contributed by atoms with E-state index in [9.17, 15) is 4.79 Å². The third-order valence-corrected chi connectivity index (χ3v) is 2.51. The van der Waals surface area contributed by atoms with Crippen LogP contribution in [0.1, 0.15) is 25.7 Å². The number of hydrogen-bond donors (Lipinski definition) is 1. The molecule has 0 aromatic rings. The molecule has 1 fully saturated rings. The minimum atomic E-state index is 0.213. The molecule has 0 heterocycles. The third kappa shape index (κ3) is 2.57. The van der Waals surface area contributed by atoms with Crippen LogP contribution < -0.4 is 5.73 Å². The first kappa shape index (κ1) is 9.68. The number of Topliss-reactive ketones (excluding diaryl/α,β-unsaturated/α-hetero) is 1. The van der Waals surface area contributed by atoms with Crippen molar-refractivity contribution in [2.75, 3.05) is 13.7 Å². The predicted octanol–water partition coefficient (Wildman–Crippen LogP) is 0.719. The summed E-state index contributed by atoms with van der Waals surface area (Å²) in [5, 5.41) is 0. The molecule has 0 spiro atoms. The number of ketones is 1. The lowest BCUT2D eigenvalue weighted by Gasteiger charge is -2.24. The van der Waals surface area contributed by atoms with Crippen molar-refractivity contribution in [3.05, 3.63) is 0 Å². The number of nitrogens with two attached hydrogens (primary N) is 1. The highest BCUT2D eigenvalue weighted by atomic mass is 16.5. The van der Waals surface area contributed by atoms with Crippen molar-refractivity contribution in [2.24, 2.45) is 11.7 Å². The number of methoxy groups -OCH3 is 1. The lowest BCUT2D eigenvalue weighted by molar-refractivity contribution is -0.127. The minimum Gasteiger partial charge on any atom is -0.377 e. The highest BCUT2D eigenvalue weighted by Crippen LogP contribution is 2.23. The molecule has 12 heavy (non-hydrogen) atoms. The maximum absolute atomic E-state index is 11.3. The third-order valence-electron chi connectivity index (χ3n) is 2.51. The van der Waals surface area contributed by atoms with E-state index in [-0.39, 0.29) is 18.3 Å². The molecule has 3 nitrogen and oxygen atoms in total. The van der Waals surface area contributed by atoms with Crippen LogP contribution in [-0.2, 0) is 9.53 Å². The molecule has 1 aliphatic rings. The van der Waals surface area contributed by atoms with Gasteiger partial charge in [-0.2, -0.15) is 0 Å². The van der Waals surface area contributed by atoms with Gasteiger partial charge in [0.2, 0.25) is 0 Å². The lowest BCUT2D eigenvalue weighted by Crippen LogP contribution is -2.31. The average Bonchev–Trinajstić information content (AvgIpc) is 2.06. The monoisotopic (exact) mass is 171 g/mol. The first-order valence-electron chi connectivity index (χ1n) is 4.51. The fraction of sp³-hybridized carbons (Fsp3) is 0.889. The number of ether oxygens (including phenoxy) is 1. The van der Waals surface area contributed by atoms with Gasteiger partial charge in [0.25, 0.3) is 0 Å². The number of rotatable bonds is 3. The quantitative estimate of drug-likeness (QED) is 0.680. The van der Waals surface area contributed by atoms with Gasteiger partial charge in [-0.05, 0) is 25.7 Å². The van der Waals surface area contributed by atoms with Gasteiger partial charge in [0.1, 0.15) is 6.61 Å². The first-order chi connectivity index (χ1) is 5.74. The van der Waals surface area contributed by atoms with Crippen LogP contribution in [-0.4, -0.2) is 25.5 Å². The average molecular weight is 171 g/mol. The smallest absolute Gasteiger partial charge is 0.161 e. The maximum atomic E-state index is 11.3. The summed E-state index contributed by atoms with van der Waals surface area (Å²) in [6, 6.07) is 0.316. The van der Waals surface area contributed by atoms with Crippen molar-refractivity contribution in [1.82, 2.24) is 0 Å². The second kappa shape index (κ2) is 4.58. The lowest BCUT2D eigenvalue weighted by atomic mass is 9.84. The Balaban J connectivity index is 2.29. The molecule has 1 saturated carbocycles. The van der Waals surface area contributed by atoms with Crippen LogP contribution in [0, 0.1) is 5.92 Å². The fourth-order valence-electron chi connectivity index (χ4n) is 1.70. The van der Waals surface area contributed by atoms with E-state index >= 15 is 0 Å². The van der Waals surface area contributed by atoms with E-state index in [1.165, 1.54) is 0 Å². The second-order valence-electron chi connectivity index (χ2n) is 3.51. The van der Waals surface area contributed by atoms with Gasteiger partial charge in [-0.1, -0.05) is 0 Å². The Labute approximate surface area is 73.3 Å². The van der Waals surface area contributed by atoms with Gasteiger partial charge in [0.05, 0.1) is 0 Å². The fourth-order valence-corrected chi connectivity index (χ4v) is 1.70. The number of carbonyl (C=O) groups is 1. The van der Waals surface area contributed by atoms with Gasteiger partial charge in [-0.3, -0.25) is 4.79 Å². The molecule has 70 valence electrons. The Morgan fingerprint density at radius 2 is 2.00 bits per heavy atom. The van der Waals surface area contributed by atoms with Crippen molar-refractivity contribution < 1.29 is 9.53 Å². The first-order valence-corrected chi connectivity index (χ1v) is 4.51. The molecule has 2 N–H and O–H groups in total. The minimum absolute atomic E-state index is 0.213. The Kier molecular flexibility index (Phi) is 3.69. The molecule has 0 aromatic heterocycles. The van der Waals surface area contributed by atoms with Gasteiger partial charge in [0.15, 0.2) is 5.78 Å². The van der Waals surface area contributed by atoms with Crippen LogP contribution >= 0.6 is 0 Å². The highest BCUT2D eigenvalue weighted by molar-refractivity contribution is 5.82. The van der Waals surface area contributed by atoms with Gasteiger partial charge in [0, 0.05) is 19.1 Å². The Hall–Kier alpha value is -0.410. The van der Waals surface area contributed by atoms with Crippen LogP contribution in [0.15, 0.2) is 0 Å². The van der Waals surface area contributed by atoms with E-state index in [1.807, 2.05) is 0 Å². The van der Waals surface area contributed by atoms with Gasteiger partial charge in [-0.25, -0.2) is 0 Å². The number of hydrogen-bond acceptors (Lipinski definition) is 3. The summed E-state index contributed by atoms with van der Waals surface area (Å²) < 4.78 is 4.80. The molecule has 0 aromatic carbocycles. The van der Waals surface area contributed by atoms with Crippen LogP contribution in [0.2, 0.25) is 0 Å². The topological polar surface area (TPSA) is 52.3 Å². The number of carbonyl (C=O) groups excluding carboxylic acids is 1. The molecule has 0 amide bonds. The molecule has 0 radical (unpaired) electrons. The molecule has 0 atom stereocenters. The van der Waals surface area contributed by atoms with Crippen molar-refractivity contribution in [2.45, 2.75) is 31.7 Å². The summed E-state index contributed by atoms with van der Waals surface area (Å²) in [7, 11) is 1.56. The highest BCUT2D eigenvalue weighted by Gasteiger charge is 2.23. The summed E-state index contributed by atoms with van der Waals surface area (Å²) in [5.74, 6) is 0.453. The van der Waals surface area contributed by atoms with Crippen molar-refractivity contribution in [3.8, 4) is 0 Å². The summed E-state index contributed by atoms with van der Waals surface area (Å²) in [5.41, 5.74) is 5.73. The van der Waals surface area contributed by atoms with E-state index in [4.69, 9.17) is 10.5 Å². The zero-order valence-corrected chi connectivity index (χ0v) is 7.58. The van der Waals surface area contributed by atoms with E-state index in [2.05, 4.69) is 0 Å². The normalized spacial score (nSPS) is 30.2. The Bertz CT molecular complexity index is 151. The van der Waals surface area contributed by atoms with Crippen molar-refractivity contribution in [3.63, 3.8) is 0 Å². The molecule has 3 heteroatoms. The molecule has 0 unspecified atom stereocenters. The van der Waals surface area contributed by atoms with Gasteiger partial charge in [-0.15, -0.1) is 0 Å². The predicted molar refractivity (Wildman–Crippen MR) is 46.8 cm³/mol. The van der Waals surface area contributed by atoms with Gasteiger partial charge < -0.3 is 10.5 Å². The van der Waals surface area contributed by atoms with Crippen molar-refractivity contribution >= 4 is 5.78 Å². The van der Waals surface area contributed by atoms with Crippen molar-refractivity contribution in [1.29, 1.82) is 0 Å². The molecular formula is C9H17NO2. The van der Waals surface area contributed by atoms with Crippen LogP contribution in [0.3, 0.4) is 0 Å². The Morgan fingerprint density at radius 3 is 2.50 bits per heavy atom. The largest absolute Gasteiger partial charge is 0.377 e. The molecular weight excluding hydrogens is 154 g/mol. The summed E-state index contributed by atoms with van der Waals surface area (Å²) >= 11 is 0. The van der Waals surface area contributed by atoms with Crippen LogP contribution in [0.4, 0.5) is 0 Å². The maximum Gasteiger partial charge on any atom is 0.161 e. The van der Waals surface area contributed by atoms with Crippen LogP contribution in [0.5, 0.6) is 0 Å². The second-order valence-corrected chi connectivity index (χ2v) is 3.51.